The van der Waals surface area contributed by atoms with Crippen LogP contribution in [0.25, 0.3) is 5.69 Å². The first kappa shape index (κ1) is 24.2. The van der Waals surface area contributed by atoms with Gasteiger partial charge in [-0.05, 0) is 54.4 Å². The molecule has 0 aliphatic carbocycles. The van der Waals surface area contributed by atoms with Gasteiger partial charge in [-0.1, -0.05) is 47.6 Å². The van der Waals surface area contributed by atoms with Crippen LogP contribution in [0.15, 0.2) is 78.0 Å². The zero-order chi connectivity index (χ0) is 24.8. The number of hydrogen-bond donors (Lipinski definition) is 2. The van der Waals surface area contributed by atoms with Crippen molar-refractivity contribution in [2.24, 2.45) is 0 Å². The van der Waals surface area contributed by atoms with Crippen molar-refractivity contribution in [1.29, 1.82) is 0 Å². The van der Waals surface area contributed by atoms with Crippen molar-refractivity contribution in [1.82, 2.24) is 20.1 Å². The number of nitrogens with one attached hydrogen (secondary N) is 2. The number of nitro benzene ring substituents is 1. The number of carbonyl (C=O) groups is 1. The molecule has 0 radical (unpaired) electrons. The summed E-state index contributed by atoms with van der Waals surface area (Å²) in [5.41, 5.74) is 3.57. The Labute approximate surface area is 210 Å². The Hall–Kier alpha value is -3.89. The summed E-state index contributed by atoms with van der Waals surface area (Å²) in [4.78, 5) is 23.0. The summed E-state index contributed by atoms with van der Waals surface area (Å²) >= 11 is 7.38. The van der Waals surface area contributed by atoms with Gasteiger partial charge >= 0.3 is 6.03 Å². The van der Waals surface area contributed by atoms with Crippen LogP contribution in [-0.2, 0) is 12.3 Å². The van der Waals surface area contributed by atoms with E-state index in [-0.39, 0.29) is 12.2 Å². The molecule has 0 aliphatic heterocycles. The number of non-ortho nitro benzene ring substituents is 1. The van der Waals surface area contributed by atoms with Crippen LogP contribution in [0.4, 0.5) is 16.2 Å². The third kappa shape index (κ3) is 6.17. The van der Waals surface area contributed by atoms with Crippen LogP contribution >= 0.6 is 23.4 Å². The van der Waals surface area contributed by atoms with Crippen LogP contribution < -0.4 is 10.6 Å². The van der Waals surface area contributed by atoms with Crippen LogP contribution in [0.2, 0.25) is 5.02 Å². The minimum absolute atomic E-state index is 0.0158. The molecular formula is C24H21ClN6O3S. The molecular weight excluding hydrogens is 488 g/mol. The maximum absolute atomic E-state index is 12.4. The van der Waals surface area contributed by atoms with Crippen LogP contribution in [0.3, 0.4) is 0 Å². The van der Waals surface area contributed by atoms with Crippen LogP contribution in [0.5, 0.6) is 0 Å². The van der Waals surface area contributed by atoms with E-state index < -0.39 is 11.0 Å². The SMILES string of the molecule is Cc1ccccc1CSc1nnc(CNC(=O)Nc2ccc(Cl)cc2)n1-c1ccc([N+](=O)[O-])cc1. The number of amides is 2. The molecule has 0 aliphatic rings. The van der Waals surface area contributed by atoms with Gasteiger partial charge < -0.3 is 10.6 Å². The van der Waals surface area contributed by atoms with Gasteiger partial charge in [-0.15, -0.1) is 10.2 Å². The Balaban J connectivity index is 1.54. The fraction of sp³-hybridized carbons (Fsp3) is 0.125. The maximum Gasteiger partial charge on any atom is 0.319 e. The number of aryl methyl sites for hydroxylation is 1. The molecule has 4 rings (SSSR count). The zero-order valence-corrected chi connectivity index (χ0v) is 20.2. The molecule has 0 atom stereocenters. The molecule has 2 amide bonds. The standard InChI is InChI=1S/C24H21ClN6O3S/c1-16-4-2-3-5-17(16)15-35-24-29-28-22(30(24)20-10-12-21(13-11-20)31(33)34)14-26-23(32)27-19-8-6-18(25)7-9-19/h2-13H,14-15H2,1H3,(H2,26,27,32). The van der Waals surface area contributed by atoms with E-state index in [0.717, 1.165) is 5.56 Å². The van der Waals surface area contributed by atoms with Gasteiger partial charge in [0.15, 0.2) is 11.0 Å². The highest BCUT2D eigenvalue weighted by Crippen LogP contribution is 2.27. The predicted octanol–water partition coefficient (Wildman–Crippen LogP) is 5.75. The van der Waals surface area contributed by atoms with E-state index in [1.807, 2.05) is 25.1 Å². The molecule has 178 valence electrons. The fourth-order valence-electron chi connectivity index (χ4n) is 3.27. The van der Waals surface area contributed by atoms with Crippen molar-refractivity contribution in [3.05, 3.63) is 105 Å². The zero-order valence-electron chi connectivity index (χ0n) is 18.6. The van der Waals surface area contributed by atoms with Gasteiger partial charge in [0.05, 0.1) is 11.5 Å². The minimum atomic E-state index is -0.451. The Kier molecular flexibility index (Phi) is 7.64. The number of nitrogens with zero attached hydrogens (tertiary/aromatic N) is 4. The van der Waals surface area contributed by atoms with E-state index in [0.29, 0.717) is 33.1 Å². The largest absolute Gasteiger partial charge is 0.331 e. The third-order valence-electron chi connectivity index (χ3n) is 5.15. The molecule has 9 nitrogen and oxygen atoms in total. The first-order valence-corrected chi connectivity index (χ1v) is 11.9. The first-order chi connectivity index (χ1) is 16.9. The number of halogens is 1. The molecule has 0 saturated carbocycles. The van der Waals surface area contributed by atoms with Crippen molar-refractivity contribution in [3.8, 4) is 5.69 Å². The van der Waals surface area contributed by atoms with Gasteiger partial charge in [-0.25, -0.2) is 4.79 Å². The van der Waals surface area contributed by atoms with Crippen molar-refractivity contribution in [2.75, 3.05) is 5.32 Å². The van der Waals surface area contributed by atoms with Crippen molar-refractivity contribution in [2.45, 2.75) is 24.4 Å². The summed E-state index contributed by atoms with van der Waals surface area (Å²) in [5.74, 6) is 1.15. The highest BCUT2D eigenvalue weighted by Gasteiger charge is 2.17. The van der Waals surface area contributed by atoms with E-state index in [1.165, 1.54) is 29.5 Å². The maximum atomic E-state index is 12.4. The van der Waals surface area contributed by atoms with Crippen LogP contribution in [0, 0.1) is 17.0 Å². The molecule has 1 heterocycles. The predicted molar refractivity (Wildman–Crippen MR) is 136 cm³/mol. The number of aromatic nitrogens is 3. The summed E-state index contributed by atoms with van der Waals surface area (Å²) in [5, 5.41) is 26.4. The number of rotatable bonds is 8. The third-order valence-corrected chi connectivity index (χ3v) is 6.38. The molecule has 11 heteroatoms. The lowest BCUT2D eigenvalue weighted by Gasteiger charge is -2.12. The van der Waals surface area contributed by atoms with Gasteiger partial charge in [0.1, 0.15) is 0 Å². The van der Waals surface area contributed by atoms with Crippen LogP contribution in [0.1, 0.15) is 17.0 Å². The Morgan fingerprint density at radius 3 is 2.46 bits per heavy atom. The number of anilines is 1. The topological polar surface area (TPSA) is 115 Å². The Morgan fingerprint density at radius 2 is 1.77 bits per heavy atom. The highest BCUT2D eigenvalue weighted by atomic mass is 35.5. The molecule has 0 unspecified atom stereocenters. The van der Waals surface area contributed by atoms with Gasteiger partial charge in [0, 0.05) is 34.3 Å². The number of thioether (sulfide) groups is 1. The molecule has 0 fully saturated rings. The lowest BCUT2D eigenvalue weighted by Crippen LogP contribution is -2.29. The average molecular weight is 509 g/mol. The number of nitro groups is 1. The fourth-order valence-corrected chi connectivity index (χ4v) is 4.45. The normalized spacial score (nSPS) is 10.7. The molecule has 2 N–H and O–H groups in total. The van der Waals surface area contributed by atoms with Gasteiger partial charge in [0.25, 0.3) is 5.69 Å². The summed E-state index contributed by atoms with van der Waals surface area (Å²) < 4.78 is 1.79. The molecule has 4 aromatic rings. The smallest absolute Gasteiger partial charge is 0.319 e. The molecule has 3 aromatic carbocycles. The number of hydrogen-bond acceptors (Lipinski definition) is 6. The van der Waals surface area contributed by atoms with Crippen molar-refractivity contribution in [3.63, 3.8) is 0 Å². The quantitative estimate of drug-likeness (QED) is 0.178. The minimum Gasteiger partial charge on any atom is -0.331 e. The summed E-state index contributed by atoms with van der Waals surface area (Å²) in [6.07, 6.45) is 0. The molecule has 35 heavy (non-hydrogen) atoms. The van der Waals surface area contributed by atoms with Crippen LogP contribution in [-0.4, -0.2) is 25.7 Å². The van der Waals surface area contributed by atoms with E-state index in [9.17, 15) is 14.9 Å². The number of carbonyl (C=O) groups excluding carboxylic acids is 1. The molecule has 0 saturated heterocycles. The Bertz CT molecular complexity index is 1340. The summed E-state index contributed by atoms with van der Waals surface area (Å²) in [6.45, 7) is 2.14. The average Bonchev–Trinajstić information content (AvgIpc) is 3.26. The summed E-state index contributed by atoms with van der Waals surface area (Å²) in [7, 11) is 0. The van der Waals surface area contributed by atoms with E-state index in [1.54, 1.807) is 41.0 Å². The highest BCUT2D eigenvalue weighted by molar-refractivity contribution is 7.98. The molecule has 1 aromatic heterocycles. The Morgan fingerprint density at radius 1 is 1.06 bits per heavy atom. The first-order valence-electron chi connectivity index (χ1n) is 10.6. The second-order valence-electron chi connectivity index (χ2n) is 7.54. The van der Waals surface area contributed by atoms with Gasteiger partial charge in [0.2, 0.25) is 0 Å². The monoisotopic (exact) mass is 508 g/mol. The number of benzene rings is 3. The van der Waals surface area contributed by atoms with Crippen molar-refractivity contribution >= 4 is 40.8 Å². The van der Waals surface area contributed by atoms with Crippen molar-refractivity contribution < 1.29 is 9.72 Å². The second-order valence-corrected chi connectivity index (χ2v) is 8.92. The van der Waals surface area contributed by atoms with E-state index in [4.69, 9.17) is 11.6 Å². The lowest BCUT2D eigenvalue weighted by molar-refractivity contribution is -0.384. The van der Waals surface area contributed by atoms with Gasteiger partial charge in [-0.3, -0.25) is 14.7 Å². The molecule has 0 spiro atoms. The second kappa shape index (κ2) is 11.0. The van der Waals surface area contributed by atoms with E-state index >= 15 is 0 Å². The van der Waals surface area contributed by atoms with Gasteiger partial charge in [-0.2, -0.15) is 0 Å². The molecule has 0 bridgehead atoms. The number of urea groups is 1. The van der Waals surface area contributed by atoms with E-state index in [2.05, 4.69) is 26.9 Å². The lowest BCUT2D eigenvalue weighted by atomic mass is 10.1. The summed E-state index contributed by atoms with van der Waals surface area (Å²) in [6, 6.07) is 20.5.